The zero-order valence-corrected chi connectivity index (χ0v) is 14.0. The van der Waals surface area contributed by atoms with Gasteiger partial charge in [-0.2, -0.15) is 13.2 Å². The molecule has 0 aliphatic carbocycles. The van der Waals surface area contributed by atoms with Gasteiger partial charge < -0.3 is 5.32 Å². The van der Waals surface area contributed by atoms with Gasteiger partial charge in [0.05, 0.1) is 17.1 Å². The van der Waals surface area contributed by atoms with Crippen LogP contribution in [-0.2, 0) is 17.4 Å². The second-order valence-corrected chi connectivity index (χ2v) is 6.07. The Bertz CT molecular complexity index is 920. The Morgan fingerprint density at radius 3 is 2.38 bits per heavy atom. The average Bonchev–Trinajstić information content (AvgIpc) is 2.60. The van der Waals surface area contributed by atoms with E-state index in [1.165, 1.54) is 19.1 Å². The Labute approximate surface area is 148 Å². The highest BCUT2D eigenvalue weighted by Crippen LogP contribution is 2.30. The topological polar surface area (TPSA) is 42.0 Å². The van der Waals surface area contributed by atoms with E-state index in [2.05, 4.69) is 10.3 Å². The summed E-state index contributed by atoms with van der Waals surface area (Å²) in [7, 11) is 0. The zero-order valence-electron chi connectivity index (χ0n) is 14.0. The summed E-state index contributed by atoms with van der Waals surface area (Å²) in [5.74, 6) is -0.254. The van der Waals surface area contributed by atoms with E-state index in [-0.39, 0.29) is 5.91 Å². The molecule has 0 saturated carbocycles. The first-order valence-corrected chi connectivity index (χ1v) is 8.12. The Hall–Kier alpha value is -2.89. The molecule has 0 aliphatic heterocycles. The van der Waals surface area contributed by atoms with Gasteiger partial charge in [-0.1, -0.05) is 36.4 Å². The van der Waals surface area contributed by atoms with Gasteiger partial charge in [0.25, 0.3) is 0 Å². The number of nitrogens with zero attached hydrogens (tertiary/aromatic N) is 1. The van der Waals surface area contributed by atoms with Gasteiger partial charge in [-0.15, -0.1) is 0 Å². The van der Waals surface area contributed by atoms with Crippen molar-refractivity contribution in [2.45, 2.75) is 25.6 Å². The summed E-state index contributed by atoms with van der Waals surface area (Å²) in [6.45, 7) is 1.38. The van der Waals surface area contributed by atoms with Crippen molar-refractivity contribution in [2.24, 2.45) is 0 Å². The summed E-state index contributed by atoms with van der Waals surface area (Å²) in [4.78, 5) is 16.1. The van der Waals surface area contributed by atoms with Gasteiger partial charge in [0.1, 0.15) is 0 Å². The molecule has 2 aromatic carbocycles. The van der Waals surface area contributed by atoms with Crippen LogP contribution in [0.4, 0.5) is 13.2 Å². The quantitative estimate of drug-likeness (QED) is 0.736. The Balaban J connectivity index is 1.88. The maximum Gasteiger partial charge on any atom is 0.416 e. The SMILES string of the molecule is CC(=O)NC(Cc1ccc2ccccc2n1)c1ccc(C(F)(F)F)cc1. The first kappa shape index (κ1) is 17.9. The number of para-hydroxylation sites is 1. The van der Waals surface area contributed by atoms with E-state index >= 15 is 0 Å². The molecule has 3 nitrogen and oxygen atoms in total. The minimum atomic E-state index is -4.39. The van der Waals surface area contributed by atoms with E-state index in [1.54, 1.807) is 0 Å². The molecular formula is C20H17F3N2O. The van der Waals surface area contributed by atoms with Crippen LogP contribution in [0.5, 0.6) is 0 Å². The number of amides is 1. The summed E-state index contributed by atoms with van der Waals surface area (Å²) < 4.78 is 38.2. The lowest BCUT2D eigenvalue weighted by atomic mass is 9.99. The number of halogens is 3. The van der Waals surface area contributed by atoms with E-state index in [4.69, 9.17) is 0 Å². The molecule has 134 valence electrons. The molecule has 0 fully saturated rings. The molecule has 1 N–H and O–H groups in total. The zero-order chi connectivity index (χ0) is 18.7. The van der Waals surface area contributed by atoms with Crippen LogP contribution in [0.3, 0.4) is 0 Å². The number of hydrogen-bond donors (Lipinski definition) is 1. The first-order valence-electron chi connectivity index (χ1n) is 8.12. The summed E-state index contributed by atoms with van der Waals surface area (Å²) >= 11 is 0. The maximum absolute atomic E-state index is 12.7. The number of rotatable bonds is 4. The van der Waals surface area contributed by atoms with Crippen LogP contribution in [-0.4, -0.2) is 10.9 Å². The van der Waals surface area contributed by atoms with Crippen molar-refractivity contribution < 1.29 is 18.0 Å². The van der Waals surface area contributed by atoms with E-state index in [0.717, 1.165) is 28.7 Å². The van der Waals surface area contributed by atoms with Gasteiger partial charge in [-0.05, 0) is 29.8 Å². The van der Waals surface area contributed by atoms with Crippen LogP contribution in [0.15, 0.2) is 60.7 Å². The van der Waals surface area contributed by atoms with Crippen molar-refractivity contribution in [3.63, 3.8) is 0 Å². The molecule has 3 rings (SSSR count). The van der Waals surface area contributed by atoms with Crippen molar-refractivity contribution in [3.8, 4) is 0 Å². The Morgan fingerprint density at radius 2 is 1.73 bits per heavy atom. The number of hydrogen-bond acceptors (Lipinski definition) is 2. The minimum absolute atomic E-state index is 0.254. The lowest BCUT2D eigenvalue weighted by Crippen LogP contribution is -2.28. The Kier molecular flexibility index (Phi) is 4.93. The van der Waals surface area contributed by atoms with Gasteiger partial charge in [0.15, 0.2) is 0 Å². The summed E-state index contributed by atoms with van der Waals surface area (Å²) in [6, 6.07) is 15.8. The highest BCUT2D eigenvalue weighted by molar-refractivity contribution is 5.78. The third-order valence-corrected chi connectivity index (χ3v) is 4.09. The second kappa shape index (κ2) is 7.15. The largest absolute Gasteiger partial charge is 0.416 e. The fourth-order valence-electron chi connectivity index (χ4n) is 2.83. The van der Waals surface area contributed by atoms with Crippen LogP contribution >= 0.6 is 0 Å². The molecule has 0 bridgehead atoms. The van der Waals surface area contributed by atoms with Crippen LogP contribution in [0.25, 0.3) is 10.9 Å². The normalized spacial score (nSPS) is 12.8. The molecule has 26 heavy (non-hydrogen) atoms. The van der Waals surface area contributed by atoms with Crippen molar-refractivity contribution in [1.29, 1.82) is 0 Å². The fourth-order valence-corrected chi connectivity index (χ4v) is 2.83. The second-order valence-electron chi connectivity index (χ2n) is 6.07. The molecule has 0 aliphatic rings. The molecule has 1 heterocycles. The van der Waals surface area contributed by atoms with E-state index < -0.39 is 17.8 Å². The number of alkyl halides is 3. The van der Waals surface area contributed by atoms with E-state index in [1.807, 2.05) is 36.4 Å². The van der Waals surface area contributed by atoms with Gasteiger partial charge in [-0.25, -0.2) is 0 Å². The predicted molar refractivity (Wildman–Crippen MR) is 93.4 cm³/mol. The van der Waals surface area contributed by atoms with Crippen molar-refractivity contribution in [2.75, 3.05) is 0 Å². The highest BCUT2D eigenvalue weighted by atomic mass is 19.4. The number of nitrogens with one attached hydrogen (secondary N) is 1. The molecule has 0 spiro atoms. The van der Waals surface area contributed by atoms with E-state index in [9.17, 15) is 18.0 Å². The monoisotopic (exact) mass is 358 g/mol. The van der Waals surface area contributed by atoms with Crippen molar-refractivity contribution in [3.05, 3.63) is 77.5 Å². The Morgan fingerprint density at radius 1 is 1.04 bits per heavy atom. The van der Waals surface area contributed by atoms with Gasteiger partial charge in [0.2, 0.25) is 5.91 Å². The summed E-state index contributed by atoms with van der Waals surface area (Å²) in [6.07, 6.45) is -4.00. The van der Waals surface area contributed by atoms with Crippen LogP contribution in [0.2, 0.25) is 0 Å². The van der Waals surface area contributed by atoms with Gasteiger partial charge in [-0.3, -0.25) is 9.78 Å². The molecule has 3 aromatic rings. The van der Waals surface area contributed by atoms with Crippen LogP contribution in [0, 0.1) is 0 Å². The standard InChI is InChI=1S/C20H17F3N2O/c1-13(26)24-19(15-6-9-16(10-7-15)20(21,22)23)12-17-11-8-14-4-2-3-5-18(14)25-17/h2-11,19H,12H2,1H3,(H,24,26). The molecule has 0 radical (unpaired) electrons. The molecule has 1 unspecified atom stereocenters. The number of pyridine rings is 1. The van der Waals surface area contributed by atoms with Crippen molar-refractivity contribution >= 4 is 16.8 Å². The van der Waals surface area contributed by atoms with Gasteiger partial charge in [0, 0.05) is 24.4 Å². The van der Waals surface area contributed by atoms with E-state index in [0.29, 0.717) is 12.0 Å². The molecule has 0 saturated heterocycles. The lowest BCUT2D eigenvalue weighted by molar-refractivity contribution is -0.137. The third kappa shape index (κ3) is 4.20. The number of carbonyl (C=O) groups is 1. The first-order chi connectivity index (χ1) is 12.3. The maximum atomic E-state index is 12.7. The smallest absolute Gasteiger partial charge is 0.349 e. The minimum Gasteiger partial charge on any atom is -0.349 e. The molecular weight excluding hydrogens is 341 g/mol. The van der Waals surface area contributed by atoms with Crippen LogP contribution < -0.4 is 5.32 Å². The average molecular weight is 358 g/mol. The van der Waals surface area contributed by atoms with Crippen molar-refractivity contribution in [1.82, 2.24) is 10.3 Å². The molecule has 6 heteroatoms. The molecule has 1 atom stereocenters. The number of carbonyl (C=O) groups excluding carboxylic acids is 1. The fraction of sp³-hybridized carbons (Fsp3) is 0.200. The highest BCUT2D eigenvalue weighted by Gasteiger charge is 2.30. The third-order valence-electron chi connectivity index (χ3n) is 4.09. The number of benzene rings is 2. The summed E-state index contributed by atoms with van der Waals surface area (Å²) in [5, 5.41) is 3.79. The molecule has 1 aromatic heterocycles. The number of aromatic nitrogens is 1. The number of fused-ring (bicyclic) bond motifs is 1. The lowest BCUT2D eigenvalue weighted by Gasteiger charge is -2.19. The molecule has 1 amide bonds. The predicted octanol–water partition coefficient (Wildman–Crippen LogP) is 4.67. The van der Waals surface area contributed by atoms with Gasteiger partial charge >= 0.3 is 6.18 Å². The van der Waals surface area contributed by atoms with Crippen LogP contribution in [0.1, 0.15) is 29.8 Å². The summed E-state index contributed by atoms with van der Waals surface area (Å²) in [5.41, 5.74) is 1.47.